The van der Waals surface area contributed by atoms with Gasteiger partial charge in [0.25, 0.3) is 0 Å². The predicted molar refractivity (Wildman–Crippen MR) is 64.5 cm³/mol. The number of phenolic OH excluding ortho intramolecular Hbond substituents is 1. The Morgan fingerprint density at radius 2 is 2.06 bits per heavy atom. The number of halogens is 1. The maximum absolute atomic E-state index is 9.78. The fourth-order valence-electron chi connectivity index (χ4n) is 1.78. The molecule has 0 radical (unpaired) electrons. The van der Waals surface area contributed by atoms with Crippen LogP contribution in [0.1, 0.15) is 5.56 Å². The summed E-state index contributed by atoms with van der Waals surface area (Å²) in [5, 5.41) is 12.4. The van der Waals surface area contributed by atoms with E-state index in [9.17, 15) is 5.11 Å². The van der Waals surface area contributed by atoms with E-state index in [2.05, 4.69) is 4.84 Å². The van der Waals surface area contributed by atoms with Crippen LogP contribution in [0.4, 0.5) is 0 Å². The summed E-state index contributed by atoms with van der Waals surface area (Å²) in [6.07, 6.45) is 0.571. The van der Waals surface area contributed by atoms with Crippen LogP contribution in [0, 0.1) is 0 Å². The van der Waals surface area contributed by atoms with E-state index in [4.69, 9.17) is 17.5 Å². The predicted octanol–water partition coefficient (Wildman–Crippen LogP) is 2.63. The van der Waals surface area contributed by atoms with Crippen molar-refractivity contribution in [2.75, 3.05) is 6.61 Å². The van der Waals surface area contributed by atoms with Crippen LogP contribution < -0.4 is 5.90 Å². The molecule has 4 heteroatoms. The van der Waals surface area contributed by atoms with E-state index in [1.54, 1.807) is 12.1 Å². The maximum Gasteiger partial charge on any atom is 0.119 e. The van der Waals surface area contributed by atoms with E-state index < -0.39 is 0 Å². The number of benzene rings is 2. The van der Waals surface area contributed by atoms with Gasteiger partial charge in [-0.1, -0.05) is 23.7 Å². The van der Waals surface area contributed by atoms with Gasteiger partial charge < -0.3 is 9.94 Å². The highest BCUT2D eigenvalue weighted by Gasteiger charge is 2.07. The summed E-state index contributed by atoms with van der Waals surface area (Å²) in [5.41, 5.74) is 0.833. The van der Waals surface area contributed by atoms with Crippen molar-refractivity contribution in [3.05, 3.63) is 40.9 Å². The Hall–Kier alpha value is -1.29. The highest BCUT2D eigenvalue weighted by atomic mass is 35.5. The molecule has 0 amide bonds. The lowest BCUT2D eigenvalue weighted by atomic mass is 10.0. The smallest absolute Gasteiger partial charge is 0.119 e. The molecule has 2 aromatic rings. The first-order valence-electron chi connectivity index (χ1n) is 4.94. The van der Waals surface area contributed by atoms with Gasteiger partial charge in [-0.05, 0) is 29.0 Å². The Morgan fingerprint density at radius 1 is 1.25 bits per heavy atom. The summed E-state index contributed by atoms with van der Waals surface area (Å²) < 4.78 is 0. The average molecular weight is 238 g/mol. The fourth-order valence-corrected chi connectivity index (χ4v) is 1.96. The summed E-state index contributed by atoms with van der Waals surface area (Å²) in [6.45, 7) is 0.370. The largest absolute Gasteiger partial charge is 0.508 e. The van der Waals surface area contributed by atoms with Crippen molar-refractivity contribution >= 4 is 22.4 Å². The van der Waals surface area contributed by atoms with Gasteiger partial charge in [-0.3, -0.25) is 0 Å². The molecule has 0 aromatic heterocycles. The zero-order chi connectivity index (χ0) is 11.5. The molecule has 3 N–H and O–H groups in total. The molecule has 2 aromatic carbocycles. The highest BCUT2D eigenvalue weighted by molar-refractivity contribution is 6.31. The average Bonchev–Trinajstić information content (AvgIpc) is 2.28. The third-order valence-electron chi connectivity index (χ3n) is 2.54. The monoisotopic (exact) mass is 237 g/mol. The molecule has 0 spiro atoms. The number of aromatic hydroxyl groups is 1. The topological polar surface area (TPSA) is 55.5 Å². The number of rotatable bonds is 3. The molecule has 0 heterocycles. The van der Waals surface area contributed by atoms with E-state index >= 15 is 0 Å². The van der Waals surface area contributed by atoms with Gasteiger partial charge in [0, 0.05) is 17.0 Å². The molecule has 0 unspecified atom stereocenters. The zero-order valence-electron chi connectivity index (χ0n) is 8.61. The lowest BCUT2D eigenvalue weighted by Crippen LogP contribution is -2.04. The quantitative estimate of drug-likeness (QED) is 0.807. The van der Waals surface area contributed by atoms with Gasteiger partial charge in [0.1, 0.15) is 5.75 Å². The second-order valence-electron chi connectivity index (χ2n) is 3.55. The maximum atomic E-state index is 9.78. The van der Waals surface area contributed by atoms with Crippen molar-refractivity contribution in [3.8, 4) is 5.75 Å². The van der Waals surface area contributed by atoms with Crippen LogP contribution in [0.3, 0.4) is 0 Å². The van der Waals surface area contributed by atoms with Gasteiger partial charge in [-0.25, -0.2) is 5.90 Å². The number of nitrogens with two attached hydrogens (primary N) is 1. The second kappa shape index (κ2) is 4.70. The van der Waals surface area contributed by atoms with Gasteiger partial charge in [0.15, 0.2) is 0 Å². The molecule has 0 aliphatic heterocycles. The van der Waals surface area contributed by atoms with E-state index in [-0.39, 0.29) is 5.75 Å². The Balaban J connectivity index is 2.55. The minimum Gasteiger partial charge on any atom is -0.508 e. The van der Waals surface area contributed by atoms with Gasteiger partial charge in [0.2, 0.25) is 0 Å². The lowest BCUT2D eigenvalue weighted by Gasteiger charge is -2.08. The molecule has 0 aliphatic carbocycles. The molecule has 0 aliphatic rings. The molecule has 0 bridgehead atoms. The fraction of sp³-hybridized carbons (Fsp3) is 0.167. The first-order valence-corrected chi connectivity index (χ1v) is 5.32. The molecule has 0 saturated carbocycles. The first kappa shape index (κ1) is 11.2. The molecule has 0 atom stereocenters. The molecular weight excluding hydrogens is 226 g/mol. The van der Waals surface area contributed by atoms with Gasteiger partial charge >= 0.3 is 0 Å². The number of hydrogen-bond donors (Lipinski definition) is 2. The molecule has 3 nitrogen and oxygen atoms in total. The second-order valence-corrected chi connectivity index (χ2v) is 3.99. The molecule has 2 rings (SSSR count). The summed E-state index contributed by atoms with van der Waals surface area (Å²) in [7, 11) is 0. The van der Waals surface area contributed by atoms with E-state index in [0.717, 1.165) is 16.3 Å². The Bertz CT molecular complexity index is 514. The van der Waals surface area contributed by atoms with E-state index in [1.807, 2.05) is 18.2 Å². The van der Waals surface area contributed by atoms with Crippen LogP contribution in [-0.2, 0) is 11.3 Å². The summed E-state index contributed by atoms with van der Waals surface area (Å²) in [4.78, 5) is 4.54. The minimum atomic E-state index is 0.256. The number of hydrogen-bond acceptors (Lipinski definition) is 3. The van der Waals surface area contributed by atoms with Crippen molar-refractivity contribution in [3.63, 3.8) is 0 Å². The van der Waals surface area contributed by atoms with Crippen molar-refractivity contribution in [2.45, 2.75) is 6.42 Å². The Morgan fingerprint density at radius 3 is 2.81 bits per heavy atom. The molecule has 84 valence electrons. The summed E-state index contributed by atoms with van der Waals surface area (Å²) in [5.74, 6) is 5.25. The lowest BCUT2D eigenvalue weighted by molar-refractivity contribution is 0.141. The van der Waals surface area contributed by atoms with Gasteiger partial charge in [-0.15, -0.1) is 0 Å². The standard InChI is InChI=1S/C12H12ClNO2/c13-9-2-3-10-8(7-9)1-4-12(15)11(10)5-6-16-14/h1-4,7,15H,5-6,14H2. The number of phenols is 1. The third kappa shape index (κ3) is 2.11. The zero-order valence-corrected chi connectivity index (χ0v) is 9.37. The Labute approximate surface area is 98.3 Å². The van der Waals surface area contributed by atoms with Gasteiger partial charge in [0.05, 0.1) is 6.61 Å². The third-order valence-corrected chi connectivity index (χ3v) is 2.77. The Kier molecular flexibility index (Phi) is 3.29. The van der Waals surface area contributed by atoms with Gasteiger partial charge in [-0.2, -0.15) is 0 Å². The number of fused-ring (bicyclic) bond motifs is 1. The van der Waals surface area contributed by atoms with Crippen LogP contribution in [-0.4, -0.2) is 11.7 Å². The normalized spacial score (nSPS) is 10.9. The van der Waals surface area contributed by atoms with Crippen molar-refractivity contribution in [2.24, 2.45) is 5.90 Å². The van der Waals surface area contributed by atoms with Crippen LogP contribution in [0.2, 0.25) is 5.02 Å². The van der Waals surface area contributed by atoms with Crippen LogP contribution >= 0.6 is 11.6 Å². The SMILES string of the molecule is NOCCc1c(O)ccc2cc(Cl)ccc12. The highest BCUT2D eigenvalue weighted by Crippen LogP contribution is 2.29. The van der Waals surface area contributed by atoms with E-state index in [1.165, 1.54) is 0 Å². The van der Waals surface area contributed by atoms with Crippen molar-refractivity contribution in [1.29, 1.82) is 0 Å². The molecule has 0 saturated heterocycles. The summed E-state index contributed by atoms with van der Waals surface area (Å²) in [6, 6.07) is 9.05. The van der Waals surface area contributed by atoms with Crippen LogP contribution in [0.25, 0.3) is 10.8 Å². The van der Waals surface area contributed by atoms with Crippen LogP contribution in [0.15, 0.2) is 30.3 Å². The van der Waals surface area contributed by atoms with Crippen molar-refractivity contribution in [1.82, 2.24) is 0 Å². The molecular formula is C12H12ClNO2. The summed E-state index contributed by atoms with van der Waals surface area (Å²) >= 11 is 5.91. The van der Waals surface area contributed by atoms with E-state index in [0.29, 0.717) is 18.1 Å². The molecule has 16 heavy (non-hydrogen) atoms. The van der Waals surface area contributed by atoms with Crippen molar-refractivity contribution < 1.29 is 9.94 Å². The molecule has 0 fully saturated rings. The minimum absolute atomic E-state index is 0.256. The van der Waals surface area contributed by atoms with Crippen LogP contribution in [0.5, 0.6) is 5.75 Å². The first-order chi connectivity index (χ1) is 7.72.